The third kappa shape index (κ3) is 2.19. The number of carbonyl (C=O) groups excluding carboxylic acids is 1. The number of hydrogen-bond acceptors (Lipinski definition) is 3. The van der Waals surface area contributed by atoms with Crippen LogP contribution in [0.4, 0.5) is 0 Å². The molecule has 0 radical (unpaired) electrons. The molecule has 0 saturated heterocycles. The highest BCUT2D eigenvalue weighted by atomic mass is 16.2. The van der Waals surface area contributed by atoms with Crippen LogP contribution in [0.1, 0.15) is 19.3 Å². The van der Waals surface area contributed by atoms with E-state index in [2.05, 4.69) is 5.32 Å². The Morgan fingerprint density at radius 2 is 2.23 bits per heavy atom. The fourth-order valence-corrected chi connectivity index (χ4v) is 1.53. The number of rotatable bonds is 4. The van der Waals surface area contributed by atoms with Crippen LogP contribution in [0.3, 0.4) is 0 Å². The number of nitrogens with zero attached hydrogens (tertiary/aromatic N) is 1. The Balaban J connectivity index is 2.37. The maximum Gasteiger partial charge on any atom is 0.242 e. The van der Waals surface area contributed by atoms with E-state index in [0.29, 0.717) is 0 Å². The predicted octanol–water partition coefficient (Wildman–Crippen LogP) is -0.454. The summed E-state index contributed by atoms with van der Waals surface area (Å²) in [5.74, 6) is 0.0917. The third-order valence-corrected chi connectivity index (χ3v) is 2.72. The molecule has 0 atom stereocenters. The summed E-state index contributed by atoms with van der Waals surface area (Å²) in [5, 5.41) is 3.01. The first-order chi connectivity index (χ1) is 6.10. The van der Waals surface area contributed by atoms with Crippen LogP contribution in [0.5, 0.6) is 0 Å². The van der Waals surface area contributed by atoms with Crippen molar-refractivity contribution in [3.8, 4) is 0 Å². The second kappa shape index (κ2) is 4.07. The van der Waals surface area contributed by atoms with Gasteiger partial charge in [0.25, 0.3) is 0 Å². The smallest absolute Gasteiger partial charge is 0.242 e. The van der Waals surface area contributed by atoms with E-state index in [1.807, 2.05) is 14.1 Å². The molecule has 0 bridgehead atoms. The topological polar surface area (TPSA) is 58.4 Å². The summed E-state index contributed by atoms with van der Waals surface area (Å²) >= 11 is 0. The zero-order chi connectivity index (χ0) is 9.90. The lowest BCUT2D eigenvalue weighted by molar-refractivity contribution is -0.138. The van der Waals surface area contributed by atoms with E-state index in [1.165, 1.54) is 0 Å². The summed E-state index contributed by atoms with van der Waals surface area (Å²) in [6.07, 6.45) is 2.77. The van der Waals surface area contributed by atoms with Crippen LogP contribution in [0.15, 0.2) is 0 Å². The van der Waals surface area contributed by atoms with Crippen molar-refractivity contribution >= 4 is 5.91 Å². The zero-order valence-corrected chi connectivity index (χ0v) is 8.47. The van der Waals surface area contributed by atoms with E-state index in [1.54, 1.807) is 4.90 Å². The quantitative estimate of drug-likeness (QED) is 0.623. The molecule has 1 aliphatic rings. The van der Waals surface area contributed by atoms with Gasteiger partial charge in [-0.25, -0.2) is 0 Å². The van der Waals surface area contributed by atoms with Gasteiger partial charge in [-0.05, 0) is 26.3 Å². The molecule has 0 heterocycles. The first kappa shape index (κ1) is 10.5. The fourth-order valence-electron chi connectivity index (χ4n) is 1.53. The van der Waals surface area contributed by atoms with Gasteiger partial charge in [-0.1, -0.05) is 0 Å². The van der Waals surface area contributed by atoms with Gasteiger partial charge in [-0.2, -0.15) is 0 Å². The minimum atomic E-state index is -0.539. The van der Waals surface area contributed by atoms with Crippen LogP contribution in [0, 0.1) is 0 Å². The highest BCUT2D eigenvalue weighted by Gasteiger charge is 2.41. The lowest BCUT2D eigenvalue weighted by atomic mass is 9.76. The summed E-state index contributed by atoms with van der Waals surface area (Å²) < 4.78 is 0. The van der Waals surface area contributed by atoms with Gasteiger partial charge in [-0.15, -0.1) is 0 Å². The van der Waals surface area contributed by atoms with Crippen LogP contribution in [0.25, 0.3) is 0 Å². The molecule has 0 aliphatic heterocycles. The molecule has 0 aromatic carbocycles. The summed E-state index contributed by atoms with van der Waals surface area (Å²) in [6.45, 7) is 1.55. The van der Waals surface area contributed by atoms with Gasteiger partial charge < -0.3 is 16.0 Å². The second-order valence-electron chi connectivity index (χ2n) is 3.84. The molecule has 3 N–H and O–H groups in total. The summed E-state index contributed by atoms with van der Waals surface area (Å²) in [5.41, 5.74) is 5.37. The summed E-state index contributed by atoms with van der Waals surface area (Å²) in [7, 11) is 3.69. The predicted molar refractivity (Wildman–Crippen MR) is 52.3 cm³/mol. The van der Waals surface area contributed by atoms with Gasteiger partial charge in [0.05, 0.1) is 5.54 Å². The molecular weight excluding hydrogens is 166 g/mol. The van der Waals surface area contributed by atoms with E-state index in [0.717, 1.165) is 32.4 Å². The van der Waals surface area contributed by atoms with Gasteiger partial charge in [0.1, 0.15) is 0 Å². The molecule has 4 nitrogen and oxygen atoms in total. The molecule has 13 heavy (non-hydrogen) atoms. The van der Waals surface area contributed by atoms with Crippen molar-refractivity contribution in [1.29, 1.82) is 0 Å². The van der Waals surface area contributed by atoms with Crippen LogP contribution in [-0.4, -0.2) is 43.5 Å². The number of amides is 1. The zero-order valence-electron chi connectivity index (χ0n) is 8.47. The van der Waals surface area contributed by atoms with Gasteiger partial charge in [0, 0.05) is 20.1 Å². The maximum absolute atomic E-state index is 11.7. The van der Waals surface area contributed by atoms with Crippen molar-refractivity contribution in [2.75, 3.05) is 27.2 Å². The molecule has 1 rings (SSSR count). The molecule has 1 fully saturated rings. The number of likely N-dealkylation sites (N-methyl/N-ethyl adjacent to an activating group) is 2. The average molecular weight is 185 g/mol. The Bertz CT molecular complexity index is 189. The number of hydrogen-bond donors (Lipinski definition) is 2. The van der Waals surface area contributed by atoms with Crippen molar-refractivity contribution in [1.82, 2.24) is 10.2 Å². The van der Waals surface area contributed by atoms with Crippen LogP contribution < -0.4 is 11.1 Å². The molecule has 1 aliphatic carbocycles. The molecule has 1 saturated carbocycles. The van der Waals surface area contributed by atoms with Crippen LogP contribution in [0.2, 0.25) is 0 Å². The van der Waals surface area contributed by atoms with Crippen LogP contribution in [-0.2, 0) is 4.79 Å². The lowest BCUT2D eigenvalue weighted by Gasteiger charge is -2.39. The van der Waals surface area contributed by atoms with Gasteiger partial charge >= 0.3 is 0 Å². The molecule has 76 valence electrons. The third-order valence-electron chi connectivity index (χ3n) is 2.72. The van der Waals surface area contributed by atoms with Crippen molar-refractivity contribution < 1.29 is 4.79 Å². The van der Waals surface area contributed by atoms with Crippen molar-refractivity contribution in [2.45, 2.75) is 24.8 Å². The van der Waals surface area contributed by atoms with E-state index in [4.69, 9.17) is 5.73 Å². The largest absolute Gasteiger partial charge is 0.343 e. The minimum absolute atomic E-state index is 0.0917. The van der Waals surface area contributed by atoms with Gasteiger partial charge in [0.2, 0.25) is 5.91 Å². The molecule has 0 unspecified atom stereocenters. The Morgan fingerprint density at radius 3 is 2.62 bits per heavy atom. The first-order valence-electron chi connectivity index (χ1n) is 4.79. The summed E-state index contributed by atoms with van der Waals surface area (Å²) in [6, 6.07) is 0. The standard InChI is InChI=1S/C9H19N3O/c1-11-6-7-12(2)8(13)9(10)4-3-5-9/h11H,3-7,10H2,1-2H3. The van der Waals surface area contributed by atoms with E-state index < -0.39 is 5.54 Å². The number of nitrogens with one attached hydrogen (secondary N) is 1. The lowest BCUT2D eigenvalue weighted by Crippen LogP contribution is -2.59. The van der Waals surface area contributed by atoms with Gasteiger partial charge in [0.15, 0.2) is 0 Å². The molecular formula is C9H19N3O. The van der Waals surface area contributed by atoms with E-state index >= 15 is 0 Å². The average Bonchev–Trinajstić information content (AvgIpc) is 2.09. The normalized spacial score (nSPS) is 19.3. The molecule has 0 aromatic rings. The van der Waals surface area contributed by atoms with E-state index in [-0.39, 0.29) is 5.91 Å². The SMILES string of the molecule is CNCCN(C)C(=O)C1(N)CCC1. The Labute approximate surface area is 79.5 Å². The Hall–Kier alpha value is -0.610. The van der Waals surface area contributed by atoms with Crippen molar-refractivity contribution in [2.24, 2.45) is 5.73 Å². The van der Waals surface area contributed by atoms with Gasteiger partial charge in [-0.3, -0.25) is 4.79 Å². The number of carbonyl (C=O) groups is 1. The fraction of sp³-hybridized carbons (Fsp3) is 0.889. The monoisotopic (exact) mass is 185 g/mol. The number of nitrogens with two attached hydrogens (primary N) is 1. The molecule has 0 spiro atoms. The Kier molecular flexibility index (Phi) is 3.27. The van der Waals surface area contributed by atoms with Crippen molar-refractivity contribution in [3.63, 3.8) is 0 Å². The maximum atomic E-state index is 11.7. The molecule has 1 amide bonds. The first-order valence-corrected chi connectivity index (χ1v) is 4.79. The van der Waals surface area contributed by atoms with Crippen molar-refractivity contribution in [3.05, 3.63) is 0 Å². The summed E-state index contributed by atoms with van der Waals surface area (Å²) in [4.78, 5) is 13.4. The molecule has 4 heteroatoms. The van der Waals surface area contributed by atoms with Crippen LogP contribution >= 0.6 is 0 Å². The Morgan fingerprint density at radius 1 is 1.62 bits per heavy atom. The highest BCUT2D eigenvalue weighted by molar-refractivity contribution is 5.86. The van der Waals surface area contributed by atoms with E-state index in [9.17, 15) is 4.79 Å². The second-order valence-corrected chi connectivity index (χ2v) is 3.84. The highest BCUT2D eigenvalue weighted by Crippen LogP contribution is 2.30. The molecule has 0 aromatic heterocycles. The minimum Gasteiger partial charge on any atom is -0.343 e.